The average molecular weight is 313 g/mol. The van der Waals surface area contributed by atoms with Crippen LogP contribution in [0.25, 0.3) is 0 Å². The number of oxime groups is 1. The lowest BCUT2D eigenvalue weighted by Gasteiger charge is -2.57. The fraction of sp³-hybridized carbons (Fsp3) is 0.762. The molecule has 0 aromatic heterocycles. The maximum Gasteiger partial charge on any atom is 0.0799 e. The van der Waals surface area contributed by atoms with Crippen molar-refractivity contribution in [2.75, 3.05) is 0 Å². The summed E-state index contributed by atoms with van der Waals surface area (Å²) in [7, 11) is 0. The molecule has 0 radical (unpaired) electrons. The van der Waals surface area contributed by atoms with Crippen LogP contribution in [0.15, 0.2) is 28.5 Å². The normalized spacial score (nSPS) is 46.4. The lowest BCUT2D eigenvalue weighted by molar-refractivity contribution is -0.0150. The van der Waals surface area contributed by atoms with E-state index in [1.54, 1.807) is 5.57 Å². The predicted molar refractivity (Wildman–Crippen MR) is 94.7 cm³/mol. The molecule has 0 heterocycles. The van der Waals surface area contributed by atoms with E-state index in [4.69, 9.17) is 0 Å². The van der Waals surface area contributed by atoms with Gasteiger partial charge >= 0.3 is 0 Å². The number of fused-ring (bicyclic) bond motifs is 5. The van der Waals surface area contributed by atoms with Gasteiger partial charge in [-0.05, 0) is 86.0 Å². The Kier molecular flexibility index (Phi) is 3.52. The molecule has 4 rings (SSSR count). The van der Waals surface area contributed by atoms with Gasteiger partial charge in [0.15, 0.2) is 0 Å². The molecule has 126 valence electrons. The van der Waals surface area contributed by atoms with Gasteiger partial charge in [-0.1, -0.05) is 43.1 Å². The van der Waals surface area contributed by atoms with Gasteiger partial charge in [0.2, 0.25) is 0 Å². The van der Waals surface area contributed by atoms with Gasteiger partial charge < -0.3 is 5.21 Å². The molecule has 5 atom stereocenters. The van der Waals surface area contributed by atoms with E-state index in [1.807, 2.05) is 6.92 Å². The topological polar surface area (TPSA) is 32.6 Å². The van der Waals surface area contributed by atoms with Crippen molar-refractivity contribution < 1.29 is 5.21 Å². The molecular formula is C21H31NO. The molecule has 0 bridgehead atoms. The highest BCUT2D eigenvalue weighted by atomic mass is 16.4. The van der Waals surface area contributed by atoms with E-state index in [0.29, 0.717) is 5.41 Å². The second-order valence-corrected chi connectivity index (χ2v) is 8.96. The summed E-state index contributed by atoms with van der Waals surface area (Å²) in [5.74, 6) is 2.44. The van der Waals surface area contributed by atoms with Gasteiger partial charge in [-0.25, -0.2) is 0 Å². The summed E-state index contributed by atoms with van der Waals surface area (Å²) >= 11 is 0. The number of allylic oxidation sites excluding steroid dienone is 4. The van der Waals surface area contributed by atoms with Gasteiger partial charge in [0.25, 0.3) is 0 Å². The molecule has 1 N–H and O–H groups in total. The van der Waals surface area contributed by atoms with Crippen LogP contribution in [-0.4, -0.2) is 10.9 Å². The van der Waals surface area contributed by atoms with Crippen LogP contribution in [0, 0.1) is 28.6 Å². The zero-order valence-corrected chi connectivity index (χ0v) is 14.9. The van der Waals surface area contributed by atoms with Crippen molar-refractivity contribution in [1.29, 1.82) is 0 Å². The highest BCUT2D eigenvalue weighted by Crippen LogP contribution is 2.64. The molecule has 0 saturated heterocycles. The highest BCUT2D eigenvalue weighted by molar-refractivity contribution is 5.99. The summed E-state index contributed by atoms with van der Waals surface area (Å²) in [6.07, 6.45) is 15.6. The Labute approximate surface area is 140 Å². The van der Waals surface area contributed by atoms with Crippen molar-refractivity contribution in [2.24, 2.45) is 33.7 Å². The Bertz CT molecular complexity index is 601. The maximum atomic E-state index is 9.27. The standard InChI is InChI=1S/C21H31NO/c1-14(22-23)17-9-10-18-16-8-7-15-6-4-5-12-20(15,2)19(16)11-13-21(17,18)3/h7,9,16,18-19,23H,4-6,8,10-13H2,1-3H3/b22-14+. The third kappa shape index (κ3) is 2.03. The van der Waals surface area contributed by atoms with Crippen molar-refractivity contribution in [1.82, 2.24) is 0 Å². The zero-order valence-electron chi connectivity index (χ0n) is 14.9. The van der Waals surface area contributed by atoms with Crippen LogP contribution in [0.3, 0.4) is 0 Å². The van der Waals surface area contributed by atoms with E-state index in [0.717, 1.165) is 23.5 Å². The second kappa shape index (κ2) is 5.22. The van der Waals surface area contributed by atoms with E-state index in [1.165, 1.54) is 56.9 Å². The molecule has 0 spiro atoms. The Balaban J connectivity index is 1.68. The summed E-state index contributed by atoms with van der Waals surface area (Å²) in [6.45, 7) is 6.97. The third-order valence-corrected chi connectivity index (χ3v) is 8.14. The molecule has 0 aromatic rings. The molecule has 2 saturated carbocycles. The SMILES string of the molecule is C/C(=N\O)C1=CCC2C3CC=C4CCCCC4(C)C3CCC12C. The van der Waals surface area contributed by atoms with Crippen LogP contribution in [0.2, 0.25) is 0 Å². The van der Waals surface area contributed by atoms with E-state index in [-0.39, 0.29) is 5.41 Å². The van der Waals surface area contributed by atoms with Crippen LogP contribution < -0.4 is 0 Å². The predicted octanol–water partition coefficient (Wildman–Crippen LogP) is 5.73. The molecular weight excluding hydrogens is 282 g/mol. The highest BCUT2D eigenvalue weighted by Gasteiger charge is 2.56. The molecule has 2 heteroatoms. The maximum absolute atomic E-state index is 9.27. The summed E-state index contributed by atoms with van der Waals surface area (Å²) in [5.41, 5.74) is 4.66. The van der Waals surface area contributed by atoms with Gasteiger partial charge in [0.1, 0.15) is 0 Å². The van der Waals surface area contributed by atoms with E-state index in [9.17, 15) is 5.21 Å². The van der Waals surface area contributed by atoms with Crippen LogP contribution in [0.1, 0.15) is 72.1 Å². The molecule has 0 aromatic carbocycles. The van der Waals surface area contributed by atoms with Gasteiger partial charge in [0, 0.05) is 0 Å². The van der Waals surface area contributed by atoms with Crippen LogP contribution in [0.4, 0.5) is 0 Å². The Morgan fingerprint density at radius 2 is 1.91 bits per heavy atom. The third-order valence-electron chi connectivity index (χ3n) is 8.14. The molecule has 0 aliphatic heterocycles. The van der Waals surface area contributed by atoms with Gasteiger partial charge in [-0.15, -0.1) is 0 Å². The first kappa shape index (κ1) is 15.5. The molecule has 2 fully saturated rings. The minimum Gasteiger partial charge on any atom is -0.411 e. The lowest BCUT2D eigenvalue weighted by atomic mass is 9.47. The summed E-state index contributed by atoms with van der Waals surface area (Å²) < 4.78 is 0. The number of hydrogen-bond acceptors (Lipinski definition) is 2. The second-order valence-electron chi connectivity index (χ2n) is 8.96. The Hall–Kier alpha value is -1.05. The van der Waals surface area contributed by atoms with Gasteiger partial charge in [-0.3, -0.25) is 0 Å². The van der Waals surface area contributed by atoms with Gasteiger partial charge in [0.05, 0.1) is 5.71 Å². The van der Waals surface area contributed by atoms with Crippen molar-refractivity contribution in [3.05, 3.63) is 23.3 Å². The fourth-order valence-corrected chi connectivity index (χ4v) is 6.88. The minimum atomic E-state index is 0.230. The smallest absolute Gasteiger partial charge is 0.0799 e. The van der Waals surface area contributed by atoms with Crippen LogP contribution in [-0.2, 0) is 0 Å². The molecule has 4 aliphatic carbocycles. The summed E-state index contributed by atoms with van der Waals surface area (Å²) in [4.78, 5) is 0. The van der Waals surface area contributed by atoms with Crippen molar-refractivity contribution in [2.45, 2.75) is 72.1 Å². The number of hydrogen-bond donors (Lipinski definition) is 1. The van der Waals surface area contributed by atoms with E-state index in [2.05, 4.69) is 31.2 Å². The molecule has 23 heavy (non-hydrogen) atoms. The molecule has 4 aliphatic rings. The summed E-state index contributed by atoms with van der Waals surface area (Å²) in [6, 6.07) is 0. The monoisotopic (exact) mass is 313 g/mol. The van der Waals surface area contributed by atoms with Crippen molar-refractivity contribution in [3.8, 4) is 0 Å². The van der Waals surface area contributed by atoms with Crippen LogP contribution in [0.5, 0.6) is 0 Å². The molecule has 2 nitrogen and oxygen atoms in total. The largest absolute Gasteiger partial charge is 0.411 e. The molecule has 5 unspecified atom stereocenters. The zero-order chi connectivity index (χ0) is 16.2. The van der Waals surface area contributed by atoms with Crippen LogP contribution >= 0.6 is 0 Å². The quantitative estimate of drug-likeness (QED) is 0.285. The Morgan fingerprint density at radius 1 is 1.09 bits per heavy atom. The fourth-order valence-electron chi connectivity index (χ4n) is 6.88. The first-order valence-electron chi connectivity index (χ1n) is 9.60. The minimum absolute atomic E-state index is 0.230. The first-order valence-corrected chi connectivity index (χ1v) is 9.60. The van der Waals surface area contributed by atoms with E-state index >= 15 is 0 Å². The molecule has 0 amide bonds. The average Bonchev–Trinajstić information content (AvgIpc) is 2.91. The van der Waals surface area contributed by atoms with Gasteiger partial charge in [-0.2, -0.15) is 0 Å². The van der Waals surface area contributed by atoms with E-state index < -0.39 is 0 Å². The Morgan fingerprint density at radius 3 is 2.70 bits per heavy atom. The van der Waals surface area contributed by atoms with Crippen molar-refractivity contribution >= 4 is 5.71 Å². The summed E-state index contributed by atoms with van der Waals surface area (Å²) in [5, 5.41) is 12.8. The number of rotatable bonds is 1. The van der Waals surface area contributed by atoms with Crippen molar-refractivity contribution in [3.63, 3.8) is 0 Å². The number of nitrogens with zero attached hydrogens (tertiary/aromatic N) is 1. The first-order chi connectivity index (χ1) is 11.0. The lowest BCUT2D eigenvalue weighted by Crippen LogP contribution is -2.49.